The molecular weight excluding hydrogens is 316 g/mol. The van der Waals surface area contributed by atoms with Gasteiger partial charge in [-0.25, -0.2) is 0 Å². The highest BCUT2D eigenvalue weighted by atomic mass is 32.2. The lowest BCUT2D eigenvalue weighted by atomic mass is 10.0. The third-order valence-electron chi connectivity index (χ3n) is 4.84. The lowest BCUT2D eigenvalue weighted by molar-refractivity contribution is 0.171. The minimum Gasteiger partial charge on any atom is -0.486 e. The first kappa shape index (κ1) is 15.2. The van der Waals surface area contributed by atoms with Crippen LogP contribution in [0.3, 0.4) is 0 Å². The normalized spacial score (nSPS) is 25.8. The van der Waals surface area contributed by atoms with Crippen LogP contribution in [0.15, 0.2) is 18.2 Å². The number of fused-ring (bicyclic) bond motifs is 1. The summed E-state index contributed by atoms with van der Waals surface area (Å²) >= 11 is 0. The van der Waals surface area contributed by atoms with Crippen LogP contribution in [0, 0.1) is 0 Å². The van der Waals surface area contributed by atoms with Crippen molar-refractivity contribution < 1.29 is 17.9 Å². The molecule has 1 unspecified atom stereocenters. The van der Waals surface area contributed by atoms with Gasteiger partial charge in [-0.2, -0.15) is 17.0 Å². The molecule has 0 aliphatic carbocycles. The van der Waals surface area contributed by atoms with E-state index in [1.54, 1.807) is 8.61 Å². The third kappa shape index (κ3) is 2.70. The molecule has 23 heavy (non-hydrogen) atoms. The summed E-state index contributed by atoms with van der Waals surface area (Å²) in [5.74, 6) is 1.46. The smallest absolute Gasteiger partial charge is 0.282 e. The molecule has 0 saturated carbocycles. The SMILES string of the molecule is O=S(=O)(N1CCCC1)N1CCCC1c1ccc2c(c1)OCCO2. The highest BCUT2D eigenvalue weighted by Crippen LogP contribution is 2.40. The number of benzene rings is 1. The van der Waals surface area contributed by atoms with Gasteiger partial charge in [-0.3, -0.25) is 0 Å². The maximum absolute atomic E-state index is 12.9. The average molecular weight is 338 g/mol. The van der Waals surface area contributed by atoms with Crippen molar-refractivity contribution in [2.75, 3.05) is 32.8 Å². The summed E-state index contributed by atoms with van der Waals surface area (Å²) in [6.45, 7) is 2.99. The molecule has 0 spiro atoms. The van der Waals surface area contributed by atoms with Gasteiger partial charge in [0, 0.05) is 19.6 Å². The molecule has 6 nitrogen and oxygen atoms in total. The van der Waals surface area contributed by atoms with Crippen molar-refractivity contribution in [1.29, 1.82) is 0 Å². The van der Waals surface area contributed by atoms with Crippen LogP contribution in [0.5, 0.6) is 11.5 Å². The zero-order valence-corrected chi connectivity index (χ0v) is 13.9. The molecule has 0 N–H and O–H groups in total. The van der Waals surface area contributed by atoms with E-state index in [-0.39, 0.29) is 6.04 Å². The first-order chi connectivity index (χ1) is 11.2. The van der Waals surface area contributed by atoms with Crippen LogP contribution < -0.4 is 9.47 Å². The molecule has 1 aromatic rings. The predicted octanol–water partition coefficient (Wildman–Crippen LogP) is 1.94. The molecule has 3 aliphatic rings. The molecule has 0 amide bonds. The fourth-order valence-corrected chi connectivity index (χ4v) is 5.61. The zero-order valence-electron chi connectivity index (χ0n) is 13.1. The average Bonchev–Trinajstić information content (AvgIpc) is 3.26. The quantitative estimate of drug-likeness (QED) is 0.845. The maximum Gasteiger partial charge on any atom is 0.282 e. The van der Waals surface area contributed by atoms with E-state index in [9.17, 15) is 8.42 Å². The van der Waals surface area contributed by atoms with Gasteiger partial charge >= 0.3 is 0 Å². The Kier molecular flexibility index (Phi) is 3.95. The van der Waals surface area contributed by atoms with Crippen molar-refractivity contribution in [3.05, 3.63) is 23.8 Å². The Balaban J connectivity index is 1.62. The molecule has 0 radical (unpaired) electrons. The van der Waals surface area contributed by atoms with Gasteiger partial charge in [-0.1, -0.05) is 6.07 Å². The fraction of sp³-hybridized carbons (Fsp3) is 0.625. The predicted molar refractivity (Wildman–Crippen MR) is 85.8 cm³/mol. The van der Waals surface area contributed by atoms with E-state index in [2.05, 4.69) is 0 Å². The Labute approximate surface area is 137 Å². The Hall–Kier alpha value is -1.31. The van der Waals surface area contributed by atoms with Crippen molar-refractivity contribution >= 4 is 10.2 Å². The Morgan fingerprint density at radius 1 is 0.957 bits per heavy atom. The first-order valence-electron chi connectivity index (χ1n) is 8.33. The van der Waals surface area contributed by atoms with Gasteiger partial charge in [0.05, 0.1) is 6.04 Å². The fourth-order valence-electron chi connectivity index (χ4n) is 3.68. The first-order valence-corrected chi connectivity index (χ1v) is 9.72. The van der Waals surface area contributed by atoms with E-state index in [1.165, 1.54) is 0 Å². The number of hydrogen-bond donors (Lipinski definition) is 0. The summed E-state index contributed by atoms with van der Waals surface area (Å²) in [6, 6.07) is 5.70. The molecule has 1 aromatic carbocycles. The molecular formula is C16H22N2O4S. The minimum atomic E-state index is -3.36. The molecule has 2 saturated heterocycles. The summed E-state index contributed by atoms with van der Waals surface area (Å²) < 4.78 is 40.3. The van der Waals surface area contributed by atoms with Gasteiger partial charge in [0.1, 0.15) is 13.2 Å². The number of rotatable bonds is 3. The van der Waals surface area contributed by atoms with Gasteiger partial charge < -0.3 is 9.47 Å². The summed E-state index contributed by atoms with van der Waals surface area (Å²) in [6.07, 6.45) is 3.67. The van der Waals surface area contributed by atoms with Crippen molar-refractivity contribution in [3.8, 4) is 11.5 Å². The molecule has 3 aliphatic heterocycles. The van der Waals surface area contributed by atoms with Crippen LogP contribution in [-0.4, -0.2) is 49.9 Å². The lowest BCUT2D eigenvalue weighted by Crippen LogP contribution is -2.42. The zero-order chi connectivity index (χ0) is 15.9. The summed E-state index contributed by atoms with van der Waals surface area (Å²) in [5, 5.41) is 0. The molecule has 0 bridgehead atoms. The van der Waals surface area contributed by atoms with Gasteiger partial charge in [0.25, 0.3) is 10.2 Å². The third-order valence-corrected chi connectivity index (χ3v) is 6.89. The van der Waals surface area contributed by atoms with Crippen LogP contribution >= 0.6 is 0 Å². The van der Waals surface area contributed by atoms with Crippen LogP contribution in [0.25, 0.3) is 0 Å². The molecule has 2 fully saturated rings. The highest BCUT2D eigenvalue weighted by Gasteiger charge is 2.39. The number of ether oxygens (including phenoxy) is 2. The largest absolute Gasteiger partial charge is 0.486 e. The Morgan fingerprint density at radius 3 is 2.48 bits per heavy atom. The molecule has 7 heteroatoms. The van der Waals surface area contributed by atoms with Gasteiger partial charge in [-0.05, 0) is 43.4 Å². The number of hydrogen-bond acceptors (Lipinski definition) is 4. The lowest BCUT2D eigenvalue weighted by Gasteiger charge is -2.29. The van der Waals surface area contributed by atoms with Gasteiger partial charge in [0.15, 0.2) is 11.5 Å². The summed E-state index contributed by atoms with van der Waals surface area (Å²) in [5.41, 5.74) is 0.995. The standard InChI is InChI=1S/C16H22N2O4S/c19-23(20,17-7-1-2-8-17)18-9-3-4-14(18)13-5-6-15-16(12-13)22-11-10-21-15/h5-6,12,14H,1-4,7-11H2. The van der Waals surface area contributed by atoms with Crippen molar-refractivity contribution in [2.24, 2.45) is 0 Å². The molecule has 1 atom stereocenters. The van der Waals surface area contributed by atoms with Crippen molar-refractivity contribution in [2.45, 2.75) is 31.7 Å². The van der Waals surface area contributed by atoms with E-state index < -0.39 is 10.2 Å². The second kappa shape index (κ2) is 5.96. The van der Waals surface area contributed by atoms with E-state index in [0.29, 0.717) is 32.8 Å². The van der Waals surface area contributed by atoms with Crippen LogP contribution in [0.2, 0.25) is 0 Å². The minimum absolute atomic E-state index is 0.101. The maximum atomic E-state index is 12.9. The van der Waals surface area contributed by atoms with Gasteiger partial charge in [0.2, 0.25) is 0 Å². The highest BCUT2D eigenvalue weighted by molar-refractivity contribution is 7.86. The second-order valence-corrected chi connectivity index (χ2v) is 8.17. The number of nitrogens with zero attached hydrogens (tertiary/aromatic N) is 2. The van der Waals surface area contributed by atoms with Crippen molar-refractivity contribution in [3.63, 3.8) is 0 Å². The summed E-state index contributed by atoms with van der Waals surface area (Å²) in [7, 11) is -3.36. The molecule has 126 valence electrons. The van der Waals surface area contributed by atoms with Crippen molar-refractivity contribution in [1.82, 2.24) is 8.61 Å². The van der Waals surface area contributed by atoms with Gasteiger partial charge in [-0.15, -0.1) is 0 Å². The van der Waals surface area contributed by atoms with Crippen LogP contribution in [0.1, 0.15) is 37.3 Å². The molecule has 3 heterocycles. The monoisotopic (exact) mass is 338 g/mol. The van der Waals surface area contributed by atoms with Crippen LogP contribution in [-0.2, 0) is 10.2 Å². The Bertz CT molecular complexity index is 685. The second-order valence-electron chi connectivity index (χ2n) is 6.29. The van der Waals surface area contributed by atoms with E-state index >= 15 is 0 Å². The van der Waals surface area contributed by atoms with E-state index in [1.807, 2.05) is 18.2 Å². The van der Waals surface area contributed by atoms with E-state index in [4.69, 9.17) is 9.47 Å². The Morgan fingerprint density at radius 2 is 1.70 bits per heavy atom. The van der Waals surface area contributed by atoms with E-state index in [0.717, 1.165) is 42.7 Å². The molecule has 0 aromatic heterocycles. The van der Waals surface area contributed by atoms with Crippen LogP contribution in [0.4, 0.5) is 0 Å². The topological polar surface area (TPSA) is 59.1 Å². The summed E-state index contributed by atoms with van der Waals surface area (Å²) in [4.78, 5) is 0. The molecule has 4 rings (SSSR count).